The van der Waals surface area contributed by atoms with Gasteiger partial charge in [-0.2, -0.15) is 9.97 Å². The Labute approximate surface area is 115 Å². The molecule has 7 heteroatoms. The van der Waals surface area contributed by atoms with E-state index in [1.165, 1.54) is 25.9 Å². The number of nitrogens with one attached hydrogen (secondary N) is 2. The minimum Gasteiger partial charge on any atom is -0.364 e. The highest BCUT2D eigenvalue weighted by atomic mass is 35.5. The van der Waals surface area contributed by atoms with Crippen molar-refractivity contribution in [2.75, 3.05) is 25.0 Å². The molecule has 3 saturated heterocycles. The Morgan fingerprint density at radius 1 is 1.32 bits per heavy atom. The topological polar surface area (TPSA) is 69.7 Å². The summed E-state index contributed by atoms with van der Waals surface area (Å²) in [5.74, 6) is 1.50. The molecule has 0 radical (unpaired) electrons. The van der Waals surface area contributed by atoms with Crippen molar-refractivity contribution in [1.82, 2.24) is 24.8 Å². The minimum absolute atomic E-state index is 0.239. The molecule has 2 N–H and O–H groups in total. The van der Waals surface area contributed by atoms with E-state index in [1.807, 2.05) is 0 Å². The maximum absolute atomic E-state index is 5.95. The van der Waals surface area contributed by atoms with Crippen LogP contribution in [0.4, 0.5) is 5.82 Å². The molecule has 19 heavy (non-hydrogen) atoms. The molecule has 100 valence electrons. The normalized spacial score (nSPS) is 29.8. The van der Waals surface area contributed by atoms with E-state index in [4.69, 9.17) is 11.6 Å². The standard InChI is InChI=1S/C12H15ClN6/c13-12-17-10-9(14-6-15-10)11(18-12)16-8-5-19-3-1-7(8)2-4-19/h6-8H,1-5H2,(H2,14,15,16,17,18). The molecule has 2 bridgehead atoms. The van der Waals surface area contributed by atoms with Gasteiger partial charge < -0.3 is 15.2 Å². The summed E-state index contributed by atoms with van der Waals surface area (Å²) in [4.78, 5) is 18.1. The molecule has 3 aliphatic heterocycles. The van der Waals surface area contributed by atoms with E-state index in [0.29, 0.717) is 11.7 Å². The number of imidazole rings is 1. The number of piperidine rings is 3. The summed E-state index contributed by atoms with van der Waals surface area (Å²) in [5.41, 5.74) is 1.45. The zero-order valence-electron chi connectivity index (χ0n) is 10.4. The van der Waals surface area contributed by atoms with Crippen molar-refractivity contribution in [3.8, 4) is 0 Å². The molecule has 1 atom stereocenters. The lowest BCUT2D eigenvalue weighted by atomic mass is 9.84. The van der Waals surface area contributed by atoms with Crippen LogP contribution in [0, 0.1) is 5.92 Å². The average Bonchev–Trinajstić information content (AvgIpc) is 2.88. The van der Waals surface area contributed by atoms with Crippen LogP contribution in [-0.4, -0.2) is 50.5 Å². The fourth-order valence-electron chi connectivity index (χ4n) is 3.22. The van der Waals surface area contributed by atoms with Crippen molar-refractivity contribution in [3.63, 3.8) is 0 Å². The Hall–Kier alpha value is -1.40. The third kappa shape index (κ3) is 1.95. The van der Waals surface area contributed by atoms with Crippen molar-refractivity contribution in [3.05, 3.63) is 11.6 Å². The van der Waals surface area contributed by atoms with Gasteiger partial charge in [0, 0.05) is 12.6 Å². The van der Waals surface area contributed by atoms with Gasteiger partial charge in [-0.25, -0.2) is 4.98 Å². The molecule has 1 unspecified atom stereocenters. The molecule has 0 saturated carbocycles. The lowest BCUT2D eigenvalue weighted by molar-refractivity contribution is 0.0974. The van der Waals surface area contributed by atoms with Crippen LogP contribution in [0.2, 0.25) is 5.28 Å². The number of halogens is 1. The maximum Gasteiger partial charge on any atom is 0.226 e. The van der Waals surface area contributed by atoms with Crippen LogP contribution in [0.25, 0.3) is 11.2 Å². The molecule has 6 nitrogen and oxygen atoms in total. The molecule has 2 aromatic rings. The second-order valence-corrected chi connectivity index (χ2v) is 5.67. The fraction of sp³-hybridized carbons (Fsp3) is 0.583. The molecular weight excluding hydrogens is 264 g/mol. The van der Waals surface area contributed by atoms with Crippen LogP contribution < -0.4 is 5.32 Å². The second-order valence-electron chi connectivity index (χ2n) is 5.33. The van der Waals surface area contributed by atoms with Gasteiger partial charge in [-0.1, -0.05) is 0 Å². The number of aromatic nitrogens is 4. The van der Waals surface area contributed by atoms with E-state index < -0.39 is 0 Å². The predicted octanol–water partition coefficient (Wildman–Crippen LogP) is 1.51. The highest BCUT2D eigenvalue weighted by Crippen LogP contribution is 2.30. The first-order chi connectivity index (χ1) is 9.29. The van der Waals surface area contributed by atoms with Gasteiger partial charge in [0.15, 0.2) is 11.5 Å². The van der Waals surface area contributed by atoms with Crippen LogP contribution in [-0.2, 0) is 0 Å². The van der Waals surface area contributed by atoms with Crippen molar-refractivity contribution < 1.29 is 0 Å². The van der Waals surface area contributed by atoms with Gasteiger partial charge in [0.05, 0.1) is 6.33 Å². The predicted molar refractivity (Wildman–Crippen MR) is 73.3 cm³/mol. The number of nitrogens with zero attached hydrogens (tertiary/aromatic N) is 4. The van der Waals surface area contributed by atoms with E-state index in [0.717, 1.165) is 23.8 Å². The van der Waals surface area contributed by atoms with Crippen molar-refractivity contribution in [2.45, 2.75) is 18.9 Å². The Balaban J connectivity index is 1.66. The lowest BCUT2D eigenvalue weighted by Gasteiger charge is -2.45. The fourth-order valence-corrected chi connectivity index (χ4v) is 3.38. The third-order valence-corrected chi connectivity index (χ3v) is 4.41. The highest BCUT2D eigenvalue weighted by Gasteiger charge is 2.34. The molecule has 5 heterocycles. The Kier molecular flexibility index (Phi) is 2.60. The summed E-state index contributed by atoms with van der Waals surface area (Å²) in [5, 5.41) is 3.77. The summed E-state index contributed by atoms with van der Waals surface area (Å²) in [6.07, 6.45) is 4.16. The van der Waals surface area contributed by atoms with Gasteiger partial charge in [-0.15, -0.1) is 0 Å². The first kappa shape index (κ1) is 11.4. The van der Waals surface area contributed by atoms with Crippen molar-refractivity contribution in [2.24, 2.45) is 5.92 Å². The number of aromatic amines is 1. The lowest BCUT2D eigenvalue weighted by Crippen LogP contribution is -2.53. The first-order valence-electron chi connectivity index (χ1n) is 6.65. The number of fused-ring (bicyclic) bond motifs is 4. The highest BCUT2D eigenvalue weighted by molar-refractivity contribution is 6.28. The zero-order valence-corrected chi connectivity index (χ0v) is 11.2. The molecule has 0 aromatic carbocycles. The number of hydrogen-bond acceptors (Lipinski definition) is 5. The Bertz CT molecular complexity index is 603. The number of hydrogen-bond donors (Lipinski definition) is 2. The second kappa shape index (κ2) is 4.31. The van der Waals surface area contributed by atoms with Gasteiger partial charge >= 0.3 is 0 Å². The zero-order chi connectivity index (χ0) is 12.8. The van der Waals surface area contributed by atoms with Gasteiger partial charge in [0.25, 0.3) is 0 Å². The summed E-state index contributed by atoms with van der Waals surface area (Å²) >= 11 is 5.95. The van der Waals surface area contributed by atoms with Crippen LogP contribution >= 0.6 is 11.6 Å². The molecular formula is C12H15ClN6. The minimum atomic E-state index is 0.239. The molecule has 3 aliphatic rings. The summed E-state index contributed by atoms with van der Waals surface area (Å²) < 4.78 is 0. The van der Waals surface area contributed by atoms with E-state index in [1.54, 1.807) is 6.33 Å². The summed E-state index contributed by atoms with van der Waals surface area (Å²) in [6.45, 7) is 3.54. The van der Waals surface area contributed by atoms with E-state index >= 15 is 0 Å². The molecule has 2 aromatic heterocycles. The monoisotopic (exact) mass is 278 g/mol. The first-order valence-corrected chi connectivity index (χ1v) is 7.03. The smallest absolute Gasteiger partial charge is 0.226 e. The SMILES string of the molecule is Clc1nc(NC2CN3CCC2CC3)c2[nH]cnc2n1. The third-order valence-electron chi connectivity index (χ3n) is 4.24. The van der Waals surface area contributed by atoms with Crippen molar-refractivity contribution in [1.29, 1.82) is 0 Å². The quantitative estimate of drug-likeness (QED) is 0.815. The summed E-state index contributed by atoms with van der Waals surface area (Å²) in [7, 11) is 0. The Morgan fingerprint density at radius 3 is 2.89 bits per heavy atom. The van der Waals surface area contributed by atoms with Crippen LogP contribution in [0.3, 0.4) is 0 Å². The molecule has 3 fully saturated rings. The van der Waals surface area contributed by atoms with E-state index in [2.05, 4.69) is 30.2 Å². The molecule has 0 spiro atoms. The van der Waals surface area contributed by atoms with Gasteiger partial charge in [0.1, 0.15) is 5.52 Å². The Morgan fingerprint density at radius 2 is 2.16 bits per heavy atom. The van der Waals surface area contributed by atoms with Gasteiger partial charge in [0.2, 0.25) is 5.28 Å². The van der Waals surface area contributed by atoms with Crippen LogP contribution in [0.15, 0.2) is 6.33 Å². The van der Waals surface area contributed by atoms with E-state index in [-0.39, 0.29) is 5.28 Å². The van der Waals surface area contributed by atoms with E-state index in [9.17, 15) is 0 Å². The van der Waals surface area contributed by atoms with Gasteiger partial charge in [-0.05, 0) is 43.5 Å². The van der Waals surface area contributed by atoms with Crippen LogP contribution in [0.5, 0.6) is 0 Å². The summed E-state index contributed by atoms with van der Waals surface area (Å²) in [6, 6.07) is 0.444. The molecule has 5 rings (SSSR count). The number of H-pyrrole nitrogens is 1. The molecule has 0 aliphatic carbocycles. The van der Waals surface area contributed by atoms with Crippen LogP contribution in [0.1, 0.15) is 12.8 Å². The molecule has 0 amide bonds. The average molecular weight is 279 g/mol. The maximum atomic E-state index is 5.95. The number of anilines is 1. The largest absolute Gasteiger partial charge is 0.364 e. The van der Waals surface area contributed by atoms with Gasteiger partial charge in [-0.3, -0.25) is 0 Å². The van der Waals surface area contributed by atoms with Crippen molar-refractivity contribution >= 4 is 28.6 Å². The number of rotatable bonds is 2.